The number of rotatable bonds is 4. The number of nitro groups is 1. The molecule has 0 aliphatic carbocycles. The van der Waals surface area contributed by atoms with Gasteiger partial charge < -0.3 is 5.32 Å². The molecule has 1 saturated heterocycles. The number of nitrogens with zero attached hydrogens (tertiary/aromatic N) is 2. The number of piperazine rings is 1. The van der Waals surface area contributed by atoms with Gasteiger partial charge in [-0.25, -0.2) is 0 Å². The molecule has 1 atom stereocenters. The zero-order chi connectivity index (χ0) is 13.9. The molecule has 7 heteroatoms. The van der Waals surface area contributed by atoms with Crippen molar-refractivity contribution in [2.45, 2.75) is 6.04 Å². The van der Waals surface area contributed by atoms with Crippen LogP contribution in [0, 0.1) is 10.1 Å². The standard InChI is InChI=1S/C13H15N3O2S2/c17-16(18)12-8-10(9-20-12)13(11-2-1-7-19-11)15-5-3-14-4-6-15/h1-2,7-9,13-14H,3-6H2/t13-/m1/s1. The highest BCUT2D eigenvalue weighted by Crippen LogP contribution is 2.36. The van der Waals surface area contributed by atoms with E-state index in [1.807, 2.05) is 11.4 Å². The SMILES string of the molecule is O=[N+]([O-])c1cc([C@H](c2cccs2)N2CCNCC2)cs1. The van der Waals surface area contributed by atoms with Gasteiger partial charge in [0.2, 0.25) is 0 Å². The summed E-state index contributed by atoms with van der Waals surface area (Å²) in [6, 6.07) is 6.01. The molecule has 1 fully saturated rings. The highest BCUT2D eigenvalue weighted by molar-refractivity contribution is 7.13. The first kappa shape index (κ1) is 13.7. The number of hydrogen-bond acceptors (Lipinski definition) is 6. The number of hydrogen-bond donors (Lipinski definition) is 1. The van der Waals surface area contributed by atoms with Gasteiger partial charge in [-0.05, 0) is 17.0 Å². The molecule has 1 aliphatic rings. The van der Waals surface area contributed by atoms with Crippen molar-refractivity contribution in [3.05, 3.63) is 49.5 Å². The summed E-state index contributed by atoms with van der Waals surface area (Å²) in [5.41, 5.74) is 1.03. The monoisotopic (exact) mass is 309 g/mol. The molecule has 5 nitrogen and oxygen atoms in total. The van der Waals surface area contributed by atoms with Crippen molar-refractivity contribution in [1.29, 1.82) is 0 Å². The Morgan fingerprint density at radius 2 is 2.15 bits per heavy atom. The van der Waals surface area contributed by atoms with E-state index >= 15 is 0 Å². The van der Waals surface area contributed by atoms with Gasteiger partial charge in [0.25, 0.3) is 0 Å². The first-order valence-corrected chi connectivity index (χ1v) is 8.22. The molecule has 0 radical (unpaired) electrons. The maximum Gasteiger partial charge on any atom is 0.324 e. The van der Waals surface area contributed by atoms with Crippen LogP contribution < -0.4 is 5.32 Å². The third-order valence-electron chi connectivity index (χ3n) is 3.43. The summed E-state index contributed by atoms with van der Waals surface area (Å²) < 4.78 is 0. The molecule has 0 aromatic carbocycles. The molecule has 3 heterocycles. The van der Waals surface area contributed by atoms with Gasteiger partial charge in [0.15, 0.2) is 0 Å². The molecule has 0 amide bonds. The summed E-state index contributed by atoms with van der Waals surface area (Å²) in [6.45, 7) is 3.86. The van der Waals surface area contributed by atoms with E-state index in [4.69, 9.17) is 0 Å². The molecule has 106 valence electrons. The minimum Gasteiger partial charge on any atom is -0.314 e. The van der Waals surface area contributed by atoms with Crippen molar-refractivity contribution in [3.63, 3.8) is 0 Å². The topological polar surface area (TPSA) is 58.4 Å². The fraction of sp³-hybridized carbons (Fsp3) is 0.385. The molecule has 1 aliphatic heterocycles. The van der Waals surface area contributed by atoms with Crippen LogP contribution in [0.1, 0.15) is 16.5 Å². The van der Waals surface area contributed by atoms with Gasteiger partial charge in [0.1, 0.15) is 0 Å². The summed E-state index contributed by atoms with van der Waals surface area (Å²) in [6.07, 6.45) is 0. The van der Waals surface area contributed by atoms with E-state index in [1.165, 1.54) is 16.2 Å². The van der Waals surface area contributed by atoms with E-state index in [2.05, 4.69) is 21.7 Å². The zero-order valence-electron chi connectivity index (χ0n) is 10.8. The Morgan fingerprint density at radius 1 is 1.35 bits per heavy atom. The van der Waals surface area contributed by atoms with Crippen molar-refractivity contribution < 1.29 is 4.92 Å². The fourth-order valence-electron chi connectivity index (χ4n) is 2.52. The summed E-state index contributed by atoms with van der Waals surface area (Å²) in [5, 5.41) is 18.4. The van der Waals surface area contributed by atoms with Gasteiger partial charge in [0, 0.05) is 42.5 Å². The number of nitrogens with one attached hydrogen (secondary N) is 1. The molecule has 2 aromatic rings. The second-order valence-corrected chi connectivity index (χ2v) is 6.55. The van der Waals surface area contributed by atoms with E-state index in [1.54, 1.807) is 17.4 Å². The summed E-state index contributed by atoms with van der Waals surface area (Å²) in [7, 11) is 0. The van der Waals surface area contributed by atoms with Crippen LogP contribution in [0.4, 0.5) is 5.00 Å². The Balaban J connectivity index is 1.93. The van der Waals surface area contributed by atoms with Crippen LogP contribution in [0.3, 0.4) is 0 Å². The molecule has 0 saturated carbocycles. The van der Waals surface area contributed by atoms with Crippen molar-refractivity contribution in [2.24, 2.45) is 0 Å². The molecule has 0 unspecified atom stereocenters. The van der Waals surface area contributed by atoms with E-state index < -0.39 is 0 Å². The van der Waals surface area contributed by atoms with Crippen molar-refractivity contribution in [3.8, 4) is 0 Å². The maximum atomic E-state index is 10.9. The normalized spacial score (nSPS) is 18.0. The number of thiophene rings is 2. The van der Waals surface area contributed by atoms with Crippen molar-refractivity contribution in [2.75, 3.05) is 26.2 Å². The Kier molecular flexibility index (Phi) is 4.11. The van der Waals surface area contributed by atoms with Gasteiger partial charge in [0.05, 0.1) is 11.0 Å². The summed E-state index contributed by atoms with van der Waals surface area (Å²) in [4.78, 5) is 14.2. The van der Waals surface area contributed by atoms with Crippen LogP contribution in [0.2, 0.25) is 0 Å². The van der Waals surface area contributed by atoms with Gasteiger partial charge in [-0.2, -0.15) is 0 Å². The molecule has 1 N–H and O–H groups in total. The van der Waals surface area contributed by atoms with E-state index in [9.17, 15) is 10.1 Å². The lowest BCUT2D eigenvalue weighted by atomic mass is 10.1. The molecular weight excluding hydrogens is 294 g/mol. The fourth-order valence-corrected chi connectivity index (χ4v) is 4.15. The molecule has 20 heavy (non-hydrogen) atoms. The Hall–Kier alpha value is -1.28. The lowest BCUT2D eigenvalue weighted by Crippen LogP contribution is -2.45. The van der Waals surface area contributed by atoms with Gasteiger partial charge >= 0.3 is 5.00 Å². The summed E-state index contributed by atoms with van der Waals surface area (Å²) >= 11 is 2.92. The maximum absolute atomic E-state index is 10.9. The second kappa shape index (κ2) is 6.01. The van der Waals surface area contributed by atoms with Crippen LogP contribution in [0.5, 0.6) is 0 Å². The minimum atomic E-state index is -0.308. The third kappa shape index (κ3) is 2.76. The quantitative estimate of drug-likeness (QED) is 0.697. The molecule has 0 spiro atoms. The lowest BCUT2D eigenvalue weighted by Gasteiger charge is -2.34. The van der Waals surface area contributed by atoms with Gasteiger partial charge in [-0.1, -0.05) is 17.4 Å². The van der Waals surface area contributed by atoms with Crippen LogP contribution in [0.25, 0.3) is 0 Å². The predicted molar refractivity (Wildman–Crippen MR) is 81.6 cm³/mol. The lowest BCUT2D eigenvalue weighted by molar-refractivity contribution is -0.380. The van der Waals surface area contributed by atoms with Crippen molar-refractivity contribution in [1.82, 2.24) is 10.2 Å². The predicted octanol–water partition coefficient (Wildman–Crippen LogP) is 2.71. The van der Waals surface area contributed by atoms with Crippen molar-refractivity contribution >= 4 is 27.7 Å². The first-order chi connectivity index (χ1) is 9.75. The molecule has 3 rings (SSSR count). The van der Waals surface area contributed by atoms with Gasteiger partial charge in [-0.3, -0.25) is 15.0 Å². The van der Waals surface area contributed by atoms with E-state index in [0.717, 1.165) is 31.7 Å². The Labute approximate surface area is 125 Å². The van der Waals surface area contributed by atoms with Crippen LogP contribution in [0.15, 0.2) is 29.0 Å². The highest BCUT2D eigenvalue weighted by Gasteiger charge is 2.27. The molecular formula is C13H15N3O2S2. The highest BCUT2D eigenvalue weighted by atomic mass is 32.1. The molecule has 2 aromatic heterocycles. The average molecular weight is 309 g/mol. The van der Waals surface area contributed by atoms with E-state index in [0.29, 0.717) is 0 Å². The minimum absolute atomic E-state index is 0.141. The largest absolute Gasteiger partial charge is 0.324 e. The van der Waals surface area contributed by atoms with Crippen LogP contribution in [-0.4, -0.2) is 36.0 Å². The second-order valence-electron chi connectivity index (χ2n) is 4.68. The van der Waals surface area contributed by atoms with E-state index in [-0.39, 0.29) is 16.0 Å². The van der Waals surface area contributed by atoms with Crippen LogP contribution in [-0.2, 0) is 0 Å². The summed E-state index contributed by atoms with van der Waals surface area (Å²) in [5.74, 6) is 0. The first-order valence-electron chi connectivity index (χ1n) is 6.46. The smallest absolute Gasteiger partial charge is 0.314 e. The van der Waals surface area contributed by atoms with Gasteiger partial charge in [-0.15, -0.1) is 11.3 Å². The zero-order valence-corrected chi connectivity index (χ0v) is 12.5. The Bertz CT molecular complexity index is 576. The molecule has 0 bridgehead atoms. The van der Waals surface area contributed by atoms with Crippen LogP contribution >= 0.6 is 22.7 Å². The Morgan fingerprint density at radius 3 is 2.75 bits per heavy atom. The average Bonchev–Trinajstić information content (AvgIpc) is 3.12. The third-order valence-corrected chi connectivity index (χ3v) is 5.25.